The molecular weight excluding hydrogens is 336 g/mol. The van der Waals surface area contributed by atoms with E-state index in [9.17, 15) is 4.79 Å². The number of ether oxygens (including phenoxy) is 1. The van der Waals surface area contributed by atoms with E-state index in [0.29, 0.717) is 11.3 Å². The minimum absolute atomic E-state index is 0.229. The van der Waals surface area contributed by atoms with E-state index in [0.717, 1.165) is 36.8 Å². The number of rotatable bonds is 5. The van der Waals surface area contributed by atoms with Gasteiger partial charge in [-0.05, 0) is 43.1 Å². The van der Waals surface area contributed by atoms with Crippen molar-refractivity contribution in [2.75, 3.05) is 26.3 Å². The van der Waals surface area contributed by atoms with Gasteiger partial charge in [-0.3, -0.25) is 9.78 Å². The maximum Gasteiger partial charge on any atom is 0.271 e. The Morgan fingerprint density at radius 2 is 2.04 bits per heavy atom. The van der Waals surface area contributed by atoms with E-state index in [-0.39, 0.29) is 5.91 Å². The predicted molar refractivity (Wildman–Crippen MR) is 98.6 cm³/mol. The van der Waals surface area contributed by atoms with E-state index in [1.807, 2.05) is 37.3 Å². The second-order valence-corrected chi connectivity index (χ2v) is 6.71. The number of hydrazone groups is 1. The SMILES string of the molecule is C/C(=N\NC(=O)c1cccc(SN2CCOCC2)c1)c1cccnc1. The average molecular weight is 356 g/mol. The van der Waals surface area contributed by atoms with Gasteiger partial charge < -0.3 is 4.74 Å². The molecule has 25 heavy (non-hydrogen) atoms. The van der Waals surface area contributed by atoms with Gasteiger partial charge in [0.15, 0.2) is 0 Å². The summed E-state index contributed by atoms with van der Waals surface area (Å²) in [6.07, 6.45) is 3.41. The number of morpholine rings is 1. The highest BCUT2D eigenvalue weighted by molar-refractivity contribution is 7.97. The summed E-state index contributed by atoms with van der Waals surface area (Å²) >= 11 is 1.65. The van der Waals surface area contributed by atoms with Crippen LogP contribution >= 0.6 is 11.9 Å². The van der Waals surface area contributed by atoms with E-state index in [2.05, 4.69) is 19.8 Å². The first-order chi connectivity index (χ1) is 12.2. The van der Waals surface area contributed by atoms with Crippen LogP contribution in [0, 0.1) is 0 Å². The van der Waals surface area contributed by atoms with Gasteiger partial charge in [-0.1, -0.05) is 12.1 Å². The number of carbonyl (C=O) groups excluding carboxylic acids is 1. The van der Waals surface area contributed by atoms with Crippen molar-refractivity contribution in [1.29, 1.82) is 0 Å². The van der Waals surface area contributed by atoms with Crippen LogP contribution in [-0.4, -0.2) is 47.2 Å². The molecular formula is C18H20N4O2S. The molecule has 1 aliphatic heterocycles. The highest BCUT2D eigenvalue weighted by Gasteiger charge is 2.13. The minimum atomic E-state index is -0.229. The van der Waals surface area contributed by atoms with Crippen LogP contribution in [-0.2, 0) is 4.74 Å². The number of hydrogen-bond donors (Lipinski definition) is 1. The van der Waals surface area contributed by atoms with Crippen molar-refractivity contribution in [3.8, 4) is 0 Å². The highest BCUT2D eigenvalue weighted by atomic mass is 32.2. The molecule has 1 aromatic heterocycles. The molecule has 0 bridgehead atoms. The molecule has 1 aromatic carbocycles. The first kappa shape index (κ1) is 17.6. The third-order valence-electron chi connectivity index (χ3n) is 3.71. The number of pyridine rings is 1. The number of carbonyl (C=O) groups is 1. The molecule has 6 nitrogen and oxygen atoms in total. The van der Waals surface area contributed by atoms with Crippen molar-refractivity contribution in [3.05, 3.63) is 59.9 Å². The quantitative estimate of drug-likeness (QED) is 0.507. The van der Waals surface area contributed by atoms with Crippen LogP contribution in [0.3, 0.4) is 0 Å². The van der Waals surface area contributed by atoms with E-state index < -0.39 is 0 Å². The number of amides is 1. The number of benzene rings is 1. The topological polar surface area (TPSA) is 66.8 Å². The zero-order valence-corrected chi connectivity index (χ0v) is 14.8. The standard InChI is InChI=1S/C18H20N4O2S/c1-14(16-5-3-7-19-13-16)20-21-18(23)15-4-2-6-17(12-15)25-22-8-10-24-11-9-22/h2-7,12-13H,8-11H2,1H3,(H,21,23)/b20-14+. The molecule has 1 saturated heterocycles. The summed E-state index contributed by atoms with van der Waals surface area (Å²) in [6.45, 7) is 5.10. The predicted octanol–water partition coefficient (Wildman–Crippen LogP) is 2.57. The summed E-state index contributed by atoms with van der Waals surface area (Å²) in [5.41, 5.74) is 4.77. The van der Waals surface area contributed by atoms with Gasteiger partial charge in [0.05, 0.1) is 18.9 Å². The molecule has 0 spiro atoms. The molecule has 0 saturated carbocycles. The van der Waals surface area contributed by atoms with Gasteiger partial charge in [-0.15, -0.1) is 0 Å². The fourth-order valence-electron chi connectivity index (χ4n) is 2.32. The molecule has 0 aliphatic carbocycles. The summed E-state index contributed by atoms with van der Waals surface area (Å²) in [5.74, 6) is -0.229. The van der Waals surface area contributed by atoms with E-state index in [4.69, 9.17) is 4.74 Å². The monoisotopic (exact) mass is 356 g/mol. The second-order valence-electron chi connectivity index (χ2n) is 5.54. The molecule has 0 radical (unpaired) electrons. The van der Waals surface area contributed by atoms with Gasteiger partial charge in [0, 0.05) is 41.5 Å². The maximum atomic E-state index is 12.3. The lowest BCUT2D eigenvalue weighted by molar-refractivity contribution is 0.0773. The fraction of sp³-hybridized carbons (Fsp3) is 0.278. The van der Waals surface area contributed by atoms with Crippen molar-refractivity contribution in [2.24, 2.45) is 5.10 Å². The summed E-state index contributed by atoms with van der Waals surface area (Å²) in [6, 6.07) is 11.3. The van der Waals surface area contributed by atoms with Crippen molar-refractivity contribution >= 4 is 23.6 Å². The van der Waals surface area contributed by atoms with Crippen LogP contribution in [0.25, 0.3) is 0 Å². The Morgan fingerprint density at radius 1 is 1.24 bits per heavy atom. The Hall–Kier alpha value is -2.22. The smallest absolute Gasteiger partial charge is 0.271 e. The molecule has 1 aliphatic rings. The van der Waals surface area contributed by atoms with Crippen molar-refractivity contribution in [1.82, 2.24) is 14.7 Å². The van der Waals surface area contributed by atoms with E-state index >= 15 is 0 Å². The van der Waals surface area contributed by atoms with Gasteiger partial charge >= 0.3 is 0 Å². The number of nitrogens with one attached hydrogen (secondary N) is 1. The summed E-state index contributed by atoms with van der Waals surface area (Å²) in [4.78, 5) is 17.4. The van der Waals surface area contributed by atoms with Crippen LogP contribution in [0.2, 0.25) is 0 Å². The minimum Gasteiger partial charge on any atom is -0.379 e. The fourth-order valence-corrected chi connectivity index (χ4v) is 3.27. The van der Waals surface area contributed by atoms with E-state index in [1.54, 1.807) is 30.4 Å². The number of aromatic nitrogens is 1. The maximum absolute atomic E-state index is 12.3. The lowest BCUT2D eigenvalue weighted by Crippen LogP contribution is -2.30. The van der Waals surface area contributed by atoms with Gasteiger partial charge in [0.25, 0.3) is 5.91 Å². The summed E-state index contributed by atoms with van der Waals surface area (Å²) in [7, 11) is 0. The van der Waals surface area contributed by atoms with Gasteiger partial charge in [-0.2, -0.15) is 5.10 Å². The third-order valence-corrected chi connectivity index (χ3v) is 4.79. The third kappa shape index (κ3) is 5.12. The molecule has 7 heteroatoms. The van der Waals surface area contributed by atoms with Crippen LogP contribution in [0.4, 0.5) is 0 Å². The molecule has 3 rings (SSSR count). The normalized spacial score (nSPS) is 15.8. The van der Waals surface area contributed by atoms with Gasteiger partial charge in [0.1, 0.15) is 0 Å². The Bertz CT molecular complexity index is 746. The molecule has 0 unspecified atom stereocenters. The largest absolute Gasteiger partial charge is 0.379 e. The van der Waals surface area contributed by atoms with Crippen LogP contribution < -0.4 is 5.43 Å². The van der Waals surface area contributed by atoms with E-state index in [1.165, 1.54) is 0 Å². The average Bonchev–Trinajstić information content (AvgIpc) is 2.67. The zero-order chi connectivity index (χ0) is 17.5. The molecule has 1 N–H and O–H groups in total. The summed E-state index contributed by atoms with van der Waals surface area (Å²) in [5, 5.41) is 4.16. The van der Waals surface area contributed by atoms with Crippen molar-refractivity contribution in [2.45, 2.75) is 11.8 Å². The highest BCUT2D eigenvalue weighted by Crippen LogP contribution is 2.24. The molecule has 130 valence electrons. The van der Waals surface area contributed by atoms with Gasteiger partial charge in [0.2, 0.25) is 0 Å². The Balaban J connectivity index is 1.63. The Kier molecular flexibility index (Phi) is 6.16. The van der Waals surface area contributed by atoms with Crippen molar-refractivity contribution in [3.63, 3.8) is 0 Å². The van der Waals surface area contributed by atoms with Crippen LogP contribution in [0.5, 0.6) is 0 Å². The number of hydrogen-bond acceptors (Lipinski definition) is 6. The lowest BCUT2D eigenvalue weighted by atomic mass is 10.2. The number of nitrogens with zero attached hydrogens (tertiary/aromatic N) is 3. The second kappa shape index (κ2) is 8.75. The first-order valence-corrected chi connectivity index (χ1v) is 8.85. The molecule has 1 fully saturated rings. The van der Waals surface area contributed by atoms with Crippen LogP contribution in [0.15, 0.2) is 58.8 Å². The van der Waals surface area contributed by atoms with Gasteiger partial charge in [-0.25, -0.2) is 9.73 Å². The Morgan fingerprint density at radius 3 is 2.80 bits per heavy atom. The summed E-state index contributed by atoms with van der Waals surface area (Å²) < 4.78 is 7.59. The first-order valence-electron chi connectivity index (χ1n) is 8.08. The van der Waals surface area contributed by atoms with Crippen LogP contribution in [0.1, 0.15) is 22.8 Å². The molecule has 2 heterocycles. The molecule has 0 atom stereocenters. The molecule has 2 aromatic rings. The van der Waals surface area contributed by atoms with Crippen molar-refractivity contribution < 1.29 is 9.53 Å². The zero-order valence-electron chi connectivity index (χ0n) is 14.0. The Labute approximate surface area is 151 Å². The molecule has 1 amide bonds. The lowest BCUT2D eigenvalue weighted by Gasteiger charge is -2.25.